The van der Waals surface area contributed by atoms with Crippen molar-refractivity contribution < 1.29 is 53.1 Å². The Labute approximate surface area is 225 Å². The van der Waals surface area contributed by atoms with Gasteiger partial charge in [-0.25, -0.2) is 19.2 Å². The van der Waals surface area contributed by atoms with Crippen LogP contribution in [0.3, 0.4) is 0 Å². The molecule has 0 bridgehead atoms. The first-order chi connectivity index (χ1) is 18.5. The van der Waals surface area contributed by atoms with Gasteiger partial charge in [-0.05, 0) is 62.4 Å². The van der Waals surface area contributed by atoms with Gasteiger partial charge in [-0.15, -0.1) is 0 Å². The van der Waals surface area contributed by atoms with Gasteiger partial charge in [0, 0.05) is 11.1 Å². The van der Waals surface area contributed by atoms with Crippen molar-refractivity contribution in [1.82, 2.24) is 0 Å². The second-order valence-corrected chi connectivity index (χ2v) is 8.33. The van der Waals surface area contributed by atoms with Gasteiger partial charge in [0.2, 0.25) is 0 Å². The molecule has 0 aliphatic rings. The van der Waals surface area contributed by atoms with Crippen LogP contribution in [0.1, 0.15) is 34.6 Å². The van der Waals surface area contributed by atoms with E-state index in [-0.39, 0.29) is 35.5 Å². The summed E-state index contributed by atoms with van der Waals surface area (Å²) in [6.07, 6.45) is -2.08. The van der Waals surface area contributed by atoms with Crippen LogP contribution >= 0.6 is 0 Å². The Kier molecular flexibility index (Phi) is 11.9. The fraction of sp³-hybridized carbons (Fsp3) is 0.286. The molecule has 39 heavy (non-hydrogen) atoms. The predicted octanol–water partition coefficient (Wildman–Crippen LogP) is 2.75. The van der Waals surface area contributed by atoms with E-state index in [9.17, 15) is 29.4 Å². The molecule has 0 saturated heterocycles. The molecular weight excluding hydrogens is 512 g/mol. The van der Waals surface area contributed by atoms with E-state index in [1.807, 2.05) is 0 Å². The van der Waals surface area contributed by atoms with Crippen molar-refractivity contribution >= 4 is 23.9 Å². The summed E-state index contributed by atoms with van der Waals surface area (Å²) in [5, 5.41) is 18.8. The molecule has 2 rings (SSSR count). The first-order valence-corrected chi connectivity index (χ1v) is 11.7. The summed E-state index contributed by atoms with van der Waals surface area (Å²) >= 11 is 0. The Morgan fingerprint density at radius 3 is 1.28 bits per heavy atom. The molecule has 2 aromatic carbocycles. The normalized spacial score (nSPS) is 11.9. The highest BCUT2D eigenvalue weighted by Gasteiger charge is 2.19. The number of carbonyl (C=O) groups excluding carboxylic acids is 4. The minimum atomic E-state index is -1.04. The van der Waals surface area contributed by atoms with Gasteiger partial charge in [0.05, 0.1) is 24.3 Å². The van der Waals surface area contributed by atoms with Crippen molar-refractivity contribution in [3.63, 3.8) is 0 Å². The van der Waals surface area contributed by atoms with E-state index in [4.69, 9.17) is 23.7 Å². The number of benzene rings is 2. The van der Waals surface area contributed by atoms with Crippen LogP contribution in [0, 0.1) is 0 Å². The largest absolute Gasteiger partial charge is 0.458 e. The molecule has 0 heterocycles. The molecule has 2 N–H and O–H groups in total. The zero-order valence-electron chi connectivity index (χ0n) is 21.6. The predicted molar refractivity (Wildman–Crippen MR) is 137 cm³/mol. The van der Waals surface area contributed by atoms with Crippen molar-refractivity contribution in [2.45, 2.75) is 26.1 Å². The standard InChI is InChI=1S/C28H30O11/c1-17(2)25(31)35-15-23(13-29)38-27(33)19-5-9-21(10-6-19)37-22-11-7-20(8-12-22)28(34)39-24(14-30)16-36-26(32)18(3)4/h5-12,23-24,29-30H,1,3,13-16H2,2,4H3. The van der Waals surface area contributed by atoms with Gasteiger partial charge in [-0.2, -0.15) is 0 Å². The summed E-state index contributed by atoms with van der Waals surface area (Å²) in [4.78, 5) is 47.6. The third kappa shape index (κ3) is 10.1. The Morgan fingerprint density at radius 1 is 0.667 bits per heavy atom. The van der Waals surface area contributed by atoms with Crippen LogP contribution in [0.25, 0.3) is 0 Å². The van der Waals surface area contributed by atoms with E-state index in [1.54, 1.807) is 0 Å². The zero-order valence-corrected chi connectivity index (χ0v) is 21.6. The summed E-state index contributed by atoms with van der Waals surface area (Å²) in [7, 11) is 0. The topological polar surface area (TPSA) is 155 Å². The molecular formula is C28H30O11. The lowest BCUT2D eigenvalue weighted by Crippen LogP contribution is -2.28. The highest BCUT2D eigenvalue weighted by Crippen LogP contribution is 2.23. The second-order valence-electron chi connectivity index (χ2n) is 8.33. The lowest BCUT2D eigenvalue weighted by Gasteiger charge is -2.16. The Morgan fingerprint density at radius 2 is 1.00 bits per heavy atom. The number of carbonyl (C=O) groups is 4. The summed E-state index contributed by atoms with van der Waals surface area (Å²) in [5.41, 5.74) is 0.713. The van der Waals surface area contributed by atoms with E-state index in [0.717, 1.165) is 0 Å². The number of rotatable bonds is 14. The first-order valence-electron chi connectivity index (χ1n) is 11.7. The van der Waals surface area contributed by atoms with Crippen LogP contribution < -0.4 is 4.74 Å². The maximum absolute atomic E-state index is 12.3. The third-order valence-electron chi connectivity index (χ3n) is 4.87. The Bertz CT molecular complexity index is 1090. The van der Waals surface area contributed by atoms with E-state index in [0.29, 0.717) is 11.5 Å². The maximum atomic E-state index is 12.3. The third-order valence-corrected chi connectivity index (χ3v) is 4.87. The zero-order chi connectivity index (χ0) is 28.9. The second kappa shape index (κ2) is 15.1. The first kappa shape index (κ1) is 30.7. The van der Waals surface area contributed by atoms with Gasteiger partial charge in [0.25, 0.3) is 0 Å². The molecule has 0 spiro atoms. The fourth-order valence-electron chi connectivity index (χ4n) is 2.72. The van der Waals surface area contributed by atoms with Gasteiger partial charge in [-0.1, -0.05) is 13.2 Å². The highest BCUT2D eigenvalue weighted by molar-refractivity contribution is 5.90. The van der Waals surface area contributed by atoms with Crippen molar-refractivity contribution in [1.29, 1.82) is 0 Å². The molecule has 11 nitrogen and oxygen atoms in total. The maximum Gasteiger partial charge on any atom is 0.338 e. The molecule has 208 valence electrons. The molecule has 11 heteroatoms. The average Bonchev–Trinajstić information content (AvgIpc) is 2.93. The summed E-state index contributed by atoms with van der Waals surface area (Å²) in [5.74, 6) is -2.01. The van der Waals surface area contributed by atoms with Crippen LogP contribution in [-0.2, 0) is 28.5 Å². The van der Waals surface area contributed by atoms with E-state index in [2.05, 4.69) is 13.2 Å². The molecule has 0 saturated carbocycles. The molecule has 0 aliphatic heterocycles. The van der Waals surface area contributed by atoms with Crippen LogP contribution in [0.15, 0.2) is 72.8 Å². The number of ether oxygens (including phenoxy) is 5. The lowest BCUT2D eigenvalue weighted by atomic mass is 10.2. The number of hydrogen-bond acceptors (Lipinski definition) is 11. The molecule has 2 atom stereocenters. The summed E-state index contributed by atoms with van der Waals surface area (Å²) < 4.78 is 25.8. The van der Waals surface area contributed by atoms with Gasteiger partial charge in [0.1, 0.15) is 24.7 Å². The smallest absolute Gasteiger partial charge is 0.338 e. The van der Waals surface area contributed by atoms with Crippen LogP contribution in [0.4, 0.5) is 0 Å². The molecule has 0 fully saturated rings. The quantitative estimate of drug-likeness (QED) is 0.206. The molecule has 0 radical (unpaired) electrons. The molecule has 2 aromatic rings. The average molecular weight is 543 g/mol. The number of aliphatic hydroxyl groups excluding tert-OH is 2. The molecule has 0 aliphatic carbocycles. The highest BCUT2D eigenvalue weighted by atomic mass is 16.6. The van der Waals surface area contributed by atoms with Crippen LogP contribution in [0.5, 0.6) is 11.5 Å². The van der Waals surface area contributed by atoms with Gasteiger partial charge >= 0.3 is 23.9 Å². The monoisotopic (exact) mass is 542 g/mol. The molecule has 0 amide bonds. The van der Waals surface area contributed by atoms with Gasteiger partial charge < -0.3 is 33.9 Å². The number of esters is 4. The van der Waals surface area contributed by atoms with Crippen LogP contribution in [0.2, 0.25) is 0 Å². The number of hydrogen-bond donors (Lipinski definition) is 2. The van der Waals surface area contributed by atoms with E-state index in [1.165, 1.54) is 62.4 Å². The minimum Gasteiger partial charge on any atom is -0.458 e. The van der Waals surface area contributed by atoms with Crippen molar-refractivity contribution in [3.8, 4) is 11.5 Å². The SMILES string of the molecule is C=C(C)C(=O)OCC(CO)OC(=O)c1ccc(Oc2ccc(C(=O)OC(CO)COC(=O)C(=C)C)cc2)cc1. The Balaban J connectivity index is 1.90. The lowest BCUT2D eigenvalue weighted by molar-refractivity contribution is -0.143. The molecule has 0 aromatic heterocycles. The molecule has 2 unspecified atom stereocenters. The summed E-state index contributed by atoms with van der Waals surface area (Å²) in [6.45, 7) is 8.12. The van der Waals surface area contributed by atoms with Crippen molar-refractivity contribution in [2.75, 3.05) is 26.4 Å². The summed E-state index contributed by atoms with van der Waals surface area (Å²) in [6, 6.07) is 11.9. The minimum absolute atomic E-state index is 0.178. The van der Waals surface area contributed by atoms with E-state index >= 15 is 0 Å². The Hall–Kier alpha value is -4.48. The van der Waals surface area contributed by atoms with Crippen LogP contribution in [-0.4, -0.2) is 72.7 Å². The van der Waals surface area contributed by atoms with Crippen molar-refractivity contribution in [3.05, 3.63) is 84.0 Å². The van der Waals surface area contributed by atoms with Crippen molar-refractivity contribution in [2.24, 2.45) is 0 Å². The fourth-order valence-corrected chi connectivity index (χ4v) is 2.72. The van der Waals surface area contributed by atoms with E-state index < -0.39 is 49.3 Å². The van der Waals surface area contributed by atoms with Gasteiger partial charge in [-0.3, -0.25) is 0 Å². The number of aliphatic hydroxyl groups is 2. The van der Waals surface area contributed by atoms with Gasteiger partial charge in [0.15, 0.2) is 12.2 Å².